The lowest BCUT2D eigenvalue weighted by atomic mass is 10.3. The molecule has 1 aromatic rings. The smallest absolute Gasteiger partial charge is 0.135 e. The SMILES string of the molecule is Cc1nsc2c1NCCN2C. The predicted octanol–water partition coefficient (Wildman–Crippen LogP) is 1.31. The molecule has 0 bridgehead atoms. The number of aryl methyl sites for hydroxylation is 1. The maximum Gasteiger partial charge on any atom is 0.135 e. The van der Waals surface area contributed by atoms with Gasteiger partial charge < -0.3 is 10.2 Å². The number of likely N-dealkylation sites (N-methyl/N-ethyl adjacent to an activating group) is 1. The maximum atomic E-state index is 4.29. The Balaban J connectivity index is 2.46. The molecule has 0 amide bonds. The molecule has 0 saturated heterocycles. The Bertz CT molecular complexity index is 269. The van der Waals surface area contributed by atoms with Crippen molar-refractivity contribution in [1.82, 2.24) is 4.37 Å². The van der Waals surface area contributed by atoms with Gasteiger partial charge in [0.25, 0.3) is 0 Å². The van der Waals surface area contributed by atoms with Crippen molar-refractivity contribution < 1.29 is 0 Å². The van der Waals surface area contributed by atoms with E-state index in [9.17, 15) is 0 Å². The van der Waals surface area contributed by atoms with Crippen molar-refractivity contribution in [3.8, 4) is 0 Å². The van der Waals surface area contributed by atoms with Crippen LogP contribution >= 0.6 is 11.5 Å². The minimum Gasteiger partial charge on any atom is -0.379 e. The van der Waals surface area contributed by atoms with E-state index in [2.05, 4.69) is 21.6 Å². The van der Waals surface area contributed by atoms with Crippen LogP contribution in [-0.2, 0) is 0 Å². The summed E-state index contributed by atoms with van der Waals surface area (Å²) in [5.74, 6) is 0. The summed E-state index contributed by atoms with van der Waals surface area (Å²) >= 11 is 1.57. The molecule has 1 N–H and O–H groups in total. The summed E-state index contributed by atoms with van der Waals surface area (Å²) in [6.45, 7) is 4.15. The van der Waals surface area contributed by atoms with Crippen molar-refractivity contribution in [3.63, 3.8) is 0 Å². The number of aromatic nitrogens is 1. The van der Waals surface area contributed by atoms with Gasteiger partial charge in [-0.05, 0) is 18.5 Å². The number of nitrogens with one attached hydrogen (secondary N) is 1. The second kappa shape index (κ2) is 2.37. The summed E-state index contributed by atoms with van der Waals surface area (Å²) in [7, 11) is 2.11. The molecule has 0 radical (unpaired) electrons. The highest BCUT2D eigenvalue weighted by molar-refractivity contribution is 7.11. The topological polar surface area (TPSA) is 28.2 Å². The molecular formula is C7H11N3S. The highest BCUT2D eigenvalue weighted by Crippen LogP contribution is 2.34. The Morgan fingerprint density at radius 1 is 1.64 bits per heavy atom. The third-order valence-corrected chi connectivity index (χ3v) is 2.99. The number of nitrogens with zero attached hydrogens (tertiary/aromatic N) is 2. The fourth-order valence-corrected chi connectivity index (χ4v) is 2.13. The first kappa shape index (κ1) is 6.91. The van der Waals surface area contributed by atoms with Crippen LogP contribution in [-0.4, -0.2) is 24.5 Å². The van der Waals surface area contributed by atoms with E-state index in [0.717, 1.165) is 18.8 Å². The average Bonchev–Trinajstić information content (AvgIpc) is 2.35. The van der Waals surface area contributed by atoms with E-state index >= 15 is 0 Å². The zero-order valence-electron chi connectivity index (χ0n) is 6.72. The first-order valence-corrected chi connectivity index (χ1v) is 4.47. The number of fused-ring (bicyclic) bond motifs is 1. The molecule has 0 aromatic carbocycles. The van der Waals surface area contributed by atoms with E-state index in [4.69, 9.17) is 0 Å². The van der Waals surface area contributed by atoms with Gasteiger partial charge in [-0.15, -0.1) is 0 Å². The summed E-state index contributed by atoms with van der Waals surface area (Å²) in [6.07, 6.45) is 0. The van der Waals surface area contributed by atoms with E-state index in [0.29, 0.717) is 0 Å². The van der Waals surface area contributed by atoms with Gasteiger partial charge in [-0.1, -0.05) is 0 Å². The number of hydrogen-bond acceptors (Lipinski definition) is 4. The molecule has 0 unspecified atom stereocenters. The zero-order valence-corrected chi connectivity index (χ0v) is 7.53. The second-order valence-corrected chi connectivity index (χ2v) is 3.55. The molecular weight excluding hydrogens is 158 g/mol. The Morgan fingerprint density at radius 2 is 2.45 bits per heavy atom. The van der Waals surface area contributed by atoms with Crippen molar-refractivity contribution in [2.45, 2.75) is 6.92 Å². The molecule has 3 nitrogen and oxygen atoms in total. The van der Waals surface area contributed by atoms with Crippen molar-refractivity contribution >= 4 is 22.2 Å². The Morgan fingerprint density at radius 3 is 3.18 bits per heavy atom. The van der Waals surface area contributed by atoms with Gasteiger partial charge in [0, 0.05) is 20.1 Å². The van der Waals surface area contributed by atoms with Crippen LogP contribution in [0, 0.1) is 6.92 Å². The Kier molecular flexibility index (Phi) is 1.49. The van der Waals surface area contributed by atoms with E-state index in [1.54, 1.807) is 11.5 Å². The molecule has 2 rings (SSSR count). The van der Waals surface area contributed by atoms with Crippen molar-refractivity contribution in [1.29, 1.82) is 0 Å². The van der Waals surface area contributed by atoms with Gasteiger partial charge in [-0.25, -0.2) is 0 Å². The molecule has 60 valence electrons. The average molecular weight is 169 g/mol. The Labute approximate surface area is 70.2 Å². The molecule has 2 heterocycles. The monoisotopic (exact) mass is 169 g/mol. The molecule has 0 fully saturated rings. The van der Waals surface area contributed by atoms with E-state index in [1.807, 2.05) is 6.92 Å². The lowest BCUT2D eigenvalue weighted by Crippen LogP contribution is -2.29. The van der Waals surface area contributed by atoms with Crippen LogP contribution in [0.2, 0.25) is 0 Å². The fourth-order valence-electron chi connectivity index (χ4n) is 1.27. The van der Waals surface area contributed by atoms with Crippen LogP contribution in [0.15, 0.2) is 0 Å². The molecule has 0 atom stereocenters. The Hall–Kier alpha value is -0.770. The van der Waals surface area contributed by atoms with Crippen LogP contribution < -0.4 is 10.2 Å². The highest BCUT2D eigenvalue weighted by atomic mass is 32.1. The van der Waals surface area contributed by atoms with Gasteiger partial charge in [0.15, 0.2) is 0 Å². The summed E-state index contributed by atoms with van der Waals surface area (Å²) < 4.78 is 4.29. The minimum atomic E-state index is 1.03. The molecule has 1 aliphatic rings. The molecule has 1 aliphatic heterocycles. The summed E-state index contributed by atoms with van der Waals surface area (Å²) in [5, 5.41) is 4.62. The zero-order chi connectivity index (χ0) is 7.84. The molecule has 0 spiro atoms. The van der Waals surface area contributed by atoms with Crippen LogP contribution in [0.1, 0.15) is 5.69 Å². The van der Waals surface area contributed by atoms with Crippen LogP contribution in [0.5, 0.6) is 0 Å². The van der Waals surface area contributed by atoms with Gasteiger partial charge in [0.2, 0.25) is 0 Å². The van der Waals surface area contributed by atoms with Crippen LogP contribution in [0.3, 0.4) is 0 Å². The fraction of sp³-hybridized carbons (Fsp3) is 0.571. The predicted molar refractivity (Wildman–Crippen MR) is 48.6 cm³/mol. The van der Waals surface area contributed by atoms with Crippen LogP contribution in [0.4, 0.5) is 10.7 Å². The van der Waals surface area contributed by atoms with Gasteiger partial charge >= 0.3 is 0 Å². The normalized spacial score (nSPS) is 16.0. The highest BCUT2D eigenvalue weighted by Gasteiger charge is 2.17. The maximum absolute atomic E-state index is 4.29. The summed E-state index contributed by atoms with van der Waals surface area (Å²) in [4.78, 5) is 2.25. The summed E-state index contributed by atoms with van der Waals surface area (Å²) in [5.41, 5.74) is 2.35. The van der Waals surface area contributed by atoms with Crippen molar-refractivity contribution in [2.75, 3.05) is 30.4 Å². The van der Waals surface area contributed by atoms with Crippen LogP contribution in [0.25, 0.3) is 0 Å². The van der Waals surface area contributed by atoms with Gasteiger partial charge in [0.05, 0.1) is 11.4 Å². The molecule has 11 heavy (non-hydrogen) atoms. The third-order valence-electron chi connectivity index (χ3n) is 1.94. The van der Waals surface area contributed by atoms with Crippen molar-refractivity contribution in [2.24, 2.45) is 0 Å². The van der Waals surface area contributed by atoms with Gasteiger partial charge in [-0.3, -0.25) is 0 Å². The molecule has 4 heteroatoms. The van der Waals surface area contributed by atoms with E-state index in [1.165, 1.54) is 10.7 Å². The number of hydrogen-bond donors (Lipinski definition) is 1. The third kappa shape index (κ3) is 0.976. The standard InChI is InChI=1S/C7H11N3S/c1-5-6-7(11-9-5)10(2)4-3-8-6/h8H,3-4H2,1-2H3. The van der Waals surface area contributed by atoms with Crippen molar-refractivity contribution in [3.05, 3.63) is 5.69 Å². The van der Waals surface area contributed by atoms with E-state index < -0.39 is 0 Å². The first-order valence-electron chi connectivity index (χ1n) is 3.70. The van der Waals surface area contributed by atoms with Gasteiger partial charge in [-0.2, -0.15) is 4.37 Å². The largest absolute Gasteiger partial charge is 0.379 e. The number of anilines is 2. The van der Waals surface area contributed by atoms with E-state index in [-0.39, 0.29) is 0 Å². The molecule has 0 saturated carbocycles. The van der Waals surface area contributed by atoms with Gasteiger partial charge in [0.1, 0.15) is 5.00 Å². The number of rotatable bonds is 0. The quantitative estimate of drug-likeness (QED) is 0.634. The molecule has 1 aromatic heterocycles. The summed E-state index contributed by atoms with van der Waals surface area (Å²) in [6, 6.07) is 0. The first-order chi connectivity index (χ1) is 5.29. The molecule has 0 aliphatic carbocycles. The lowest BCUT2D eigenvalue weighted by molar-refractivity contribution is 0.896. The second-order valence-electron chi connectivity index (χ2n) is 2.80. The lowest BCUT2D eigenvalue weighted by Gasteiger charge is -2.24. The minimum absolute atomic E-state index is 1.03.